The number of nitrogens with one attached hydrogen (secondary N) is 3. The Hall–Kier alpha value is -6.56. The van der Waals surface area contributed by atoms with E-state index in [1.807, 2.05) is 70.1 Å². The number of fused-ring (bicyclic) bond motifs is 5. The third-order valence-corrected chi connectivity index (χ3v) is 18.7. The minimum absolute atomic E-state index is 0.0205. The molecule has 0 bridgehead atoms. The number of anilines is 5. The molecule has 0 aliphatic carbocycles. The van der Waals surface area contributed by atoms with Crippen molar-refractivity contribution in [1.29, 1.82) is 0 Å². The van der Waals surface area contributed by atoms with Crippen LogP contribution >= 0.6 is 21.6 Å². The van der Waals surface area contributed by atoms with Crippen LogP contribution in [0, 0.1) is 0 Å². The maximum Gasteiger partial charge on any atom is 0.260 e. The normalized spacial score (nSPS) is 16.5. The third-order valence-electron chi connectivity index (χ3n) is 14.7. The van der Waals surface area contributed by atoms with Crippen molar-refractivity contribution in [3.63, 3.8) is 0 Å². The zero-order valence-electron chi connectivity index (χ0n) is 46.9. The molecule has 0 spiro atoms. The predicted molar refractivity (Wildman–Crippen MR) is 318 cm³/mol. The van der Waals surface area contributed by atoms with Gasteiger partial charge in [0.1, 0.15) is 19.4 Å². The van der Waals surface area contributed by atoms with Crippen molar-refractivity contribution >= 4 is 74.5 Å². The molecule has 3 unspecified atom stereocenters. The second-order valence-corrected chi connectivity index (χ2v) is 24.1. The molecule has 0 saturated heterocycles. The number of carbonyl (C=O) groups is 4. The number of methoxy groups -OCH3 is 2. The number of aliphatic hydroxyl groups excluding tert-OH is 1. The zero-order chi connectivity index (χ0) is 56.1. The van der Waals surface area contributed by atoms with Crippen LogP contribution in [0.25, 0.3) is 0 Å². The van der Waals surface area contributed by atoms with Gasteiger partial charge < -0.3 is 54.7 Å². The van der Waals surface area contributed by atoms with Crippen molar-refractivity contribution in [2.75, 3.05) is 60.2 Å². The van der Waals surface area contributed by atoms with Gasteiger partial charge in [-0.1, -0.05) is 92.1 Å². The van der Waals surface area contributed by atoms with Crippen LogP contribution in [0.5, 0.6) is 23.0 Å². The molecule has 5 aromatic rings. The molecule has 3 aliphatic heterocycles. The summed E-state index contributed by atoms with van der Waals surface area (Å²) in [5.74, 6) is 1.30. The summed E-state index contributed by atoms with van der Waals surface area (Å²) in [6.45, 7) is 13.7. The number of ether oxygens (including phenoxy) is 4. The Labute approximate surface area is 468 Å². The van der Waals surface area contributed by atoms with E-state index in [1.165, 1.54) is 18.4 Å². The summed E-state index contributed by atoms with van der Waals surface area (Å²) >= 11 is 0. The summed E-state index contributed by atoms with van der Waals surface area (Å²) in [4.78, 5) is 56.0. The number of hydrogen-bond acceptors (Lipinski definition) is 14. The topological polar surface area (TPSA) is 171 Å². The fourth-order valence-corrected chi connectivity index (χ4v) is 12.8. The molecule has 78 heavy (non-hydrogen) atoms. The highest BCUT2D eigenvalue weighted by molar-refractivity contribution is 8.77. The number of nitrogens with zero attached hydrogens (tertiary/aromatic N) is 3. The van der Waals surface area contributed by atoms with E-state index >= 15 is 0 Å². The highest BCUT2D eigenvalue weighted by Gasteiger charge is 2.42. The van der Waals surface area contributed by atoms with Crippen molar-refractivity contribution in [2.45, 2.75) is 140 Å². The molecule has 17 heteroatoms. The quantitative estimate of drug-likeness (QED) is 0.0321. The lowest BCUT2D eigenvalue weighted by atomic mass is 10.1. The summed E-state index contributed by atoms with van der Waals surface area (Å²) in [7, 11) is 10.7. The standard InChI is InChI=1S/C55H65N5O8S2.C6H13NO/c1-9-14-34(2)69-70-55(3,4)20-19-52(62)59(6)40-22-35(32-67-50-28-43(39(31-61)26-48(50)65-7)56-30-41-24-37-15-10-12-17-45(37)58(41)5)21-36(23-40)33-68-51-29-44-42(27-49(51)66-8)54(64)60-46-18-13-11-16-38(46)25-47(60)53(63)57-44;1-3-6(4-2)7-5-8/h10-13,15-18,21-23,26-29,31,34,41,47,53,56-57,63H,9,14,19-20,24-25,30,32-33H2,1-8H3;5-6H,3-4H2,1-2H3,(H,7,8)/t34?,41?,47?,53-;/m1./s1. The van der Waals surface area contributed by atoms with Gasteiger partial charge in [0.15, 0.2) is 29.3 Å². The number of aliphatic hydroxyl groups is 1. The largest absolute Gasteiger partial charge is 0.493 e. The van der Waals surface area contributed by atoms with Crippen molar-refractivity contribution in [1.82, 2.24) is 5.32 Å². The Bertz CT molecular complexity index is 2880. The van der Waals surface area contributed by atoms with Crippen LogP contribution in [0.1, 0.15) is 123 Å². The van der Waals surface area contributed by atoms with Gasteiger partial charge >= 0.3 is 0 Å². The molecule has 8 rings (SSSR count). The van der Waals surface area contributed by atoms with E-state index in [2.05, 4.69) is 87.6 Å². The predicted octanol–water partition coefficient (Wildman–Crippen LogP) is 11.5. The Morgan fingerprint density at radius 2 is 1.50 bits per heavy atom. The van der Waals surface area contributed by atoms with Gasteiger partial charge in [-0.3, -0.25) is 19.2 Å². The van der Waals surface area contributed by atoms with Crippen molar-refractivity contribution < 1.29 is 43.2 Å². The lowest BCUT2D eigenvalue weighted by Gasteiger charge is -2.26. The lowest BCUT2D eigenvalue weighted by molar-refractivity contribution is -0.118. The minimum Gasteiger partial charge on any atom is -0.493 e. The smallest absolute Gasteiger partial charge is 0.260 e. The van der Waals surface area contributed by atoms with Gasteiger partial charge in [-0.15, -0.1) is 0 Å². The summed E-state index contributed by atoms with van der Waals surface area (Å²) in [6, 6.07) is 28.8. The van der Waals surface area contributed by atoms with Gasteiger partial charge in [-0.05, 0) is 117 Å². The molecular formula is C61H78N6O9S2. The van der Waals surface area contributed by atoms with Gasteiger partial charge in [0.05, 0.1) is 37.6 Å². The Kier molecular flexibility index (Phi) is 20.7. The number of benzene rings is 5. The van der Waals surface area contributed by atoms with E-state index in [1.54, 1.807) is 48.2 Å². The van der Waals surface area contributed by atoms with Crippen LogP contribution in [0.15, 0.2) is 91.0 Å². The second-order valence-electron chi connectivity index (χ2n) is 20.8. The highest BCUT2D eigenvalue weighted by atomic mass is 33.1. The second kappa shape index (κ2) is 27.3. The monoisotopic (exact) mass is 1100 g/mol. The first-order valence-electron chi connectivity index (χ1n) is 27.0. The molecule has 0 saturated carbocycles. The van der Waals surface area contributed by atoms with E-state index in [-0.39, 0.29) is 35.8 Å². The molecule has 3 heterocycles. The first kappa shape index (κ1) is 59.1. The number of hydrogen-bond donors (Lipinski definition) is 4. The molecule has 3 amide bonds. The molecular weight excluding hydrogens is 1020 g/mol. The molecule has 5 aromatic carbocycles. The van der Waals surface area contributed by atoms with Crippen LogP contribution < -0.4 is 49.6 Å². The number of likely N-dealkylation sites (N-methyl/N-ethyl adjacent to an activating group) is 1. The average Bonchev–Trinajstić information content (AvgIpc) is 4.14. The Morgan fingerprint density at radius 3 is 2.10 bits per heavy atom. The van der Waals surface area contributed by atoms with Crippen LogP contribution in [-0.4, -0.2) is 98.8 Å². The van der Waals surface area contributed by atoms with Gasteiger partial charge in [-0.25, -0.2) is 0 Å². The van der Waals surface area contributed by atoms with Gasteiger partial charge in [0, 0.05) is 83.5 Å². The lowest BCUT2D eigenvalue weighted by Crippen LogP contribution is -2.45. The van der Waals surface area contributed by atoms with Crippen molar-refractivity contribution in [2.24, 2.45) is 0 Å². The van der Waals surface area contributed by atoms with Crippen LogP contribution in [-0.2, 0) is 35.6 Å². The fraction of sp³-hybridized carbons (Fsp3) is 0.443. The number of amides is 3. The summed E-state index contributed by atoms with van der Waals surface area (Å²) in [5.41, 5.74) is 8.31. The third kappa shape index (κ3) is 14.4. The molecule has 0 fully saturated rings. The summed E-state index contributed by atoms with van der Waals surface area (Å²) < 4.78 is 24.5. The maximum atomic E-state index is 14.2. The van der Waals surface area contributed by atoms with E-state index < -0.39 is 12.3 Å². The number of aldehydes is 1. The van der Waals surface area contributed by atoms with E-state index in [0.29, 0.717) is 88.3 Å². The first-order chi connectivity index (χ1) is 37.5. The summed E-state index contributed by atoms with van der Waals surface area (Å²) in [5, 5.41) is 21.3. The molecule has 0 aromatic heterocycles. The maximum absolute atomic E-state index is 14.2. The molecule has 15 nitrogen and oxygen atoms in total. The molecule has 0 radical (unpaired) electrons. The summed E-state index contributed by atoms with van der Waals surface area (Å²) in [6.07, 6.45) is 7.34. The van der Waals surface area contributed by atoms with Crippen LogP contribution in [0.2, 0.25) is 0 Å². The fourth-order valence-electron chi connectivity index (χ4n) is 10.1. The number of carbonyl (C=O) groups excluding carboxylic acids is 4. The average molecular weight is 1100 g/mol. The Balaban J connectivity index is 0.00000102. The Morgan fingerprint density at radius 1 is 0.872 bits per heavy atom. The first-order valence-corrected chi connectivity index (χ1v) is 29.3. The van der Waals surface area contributed by atoms with Gasteiger partial charge in [0.25, 0.3) is 5.91 Å². The van der Waals surface area contributed by atoms with Crippen LogP contribution in [0.4, 0.5) is 28.4 Å². The van der Waals surface area contributed by atoms with Gasteiger partial charge in [-0.2, -0.15) is 0 Å². The number of para-hydroxylation sites is 2. The van der Waals surface area contributed by atoms with Crippen molar-refractivity contribution in [3.05, 3.63) is 124 Å². The molecule has 4 N–H and O–H groups in total. The van der Waals surface area contributed by atoms with E-state index in [4.69, 9.17) is 18.9 Å². The SMILES string of the molecule is CCC(CC)NC=O.CCCC(C)SSC(C)(C)CCC(=O)N(C)c1cc(COc2cc(NCC3Cc4ccccc4N3C)c(C=O)cc2OC)cc(COc2cc3c(cc2OC)C(=O)N2c4ccccc4CC2[C@@H](O)N3)c1. The molecule has 4 atom stereocenters. The minimum atomic E-state index is -1.04. The van der Waals surface area contributed by atoms with Gasteiger partial charge in [0.2, 0.25) is 12.3 Å². The molecule has 418 valence electrons. The molecule has 3 aliphatic rings. The van der Waals surface area contributed by atoms with E-state index in [9.17, 15) is 24.3 Å². The highest BCUT2D eigenvalue weighted by Crippen LogP contribution is 2.44. The van der Waals surface area contributed by atoms with Crippen LogP contribution in [0.3, 0.4) is 0 Å². The van der Waals surface area contributed by atoms with E-state index in [0.717, 1.165) is 67.2 Å². The zero-order valence-corrected chi connectivity index (χ0v) is 48.5. The van der Waals surface area contributed by atoms with Crippen molar-refractivity contribution in [3.8, 4) is 23.0 Å². The number of rotatable bonds is 25.